The van der Waals surface area contributed by atoms with Crippen molar-refractivity contribution in [3.8, 4) is 0 Å². The van der Waals surface area contributed by atoms with Crippen molar-refractivity contribution in [2.75, 3.05) is 7.05 Å². The van der Waals surface area contributed by atoms with Gasteiger partial charge in [-0.25, -0.2) is 4.98 Å². The van der Waals surface area contributed by atoms with Gasteiger partial charge in [-0.2, -0.15) is 0 Å². The Morgan fingerprint density at radius 1 is 1.56 bits per heavy atom. The molecule has 88 valence electrons. The molecule has 1 aliphatic heterocycles. The average Bonchev–Trinajstić information content (AvgIpc) is 2.55. The molecule has 1 aromatic heterocycles. The molecule has 0 radical (unpaired) electrons. The van der Waals surface area contributed by atoms with E-state index in [4.69, 9.17) is 4.98 Å². The second-order valence-corrected chi connectivity index (χ2v) is 5.72. The van der Waals surface area contributed by atoms with E-state index in [0.717, 1.165) is 19.3 Å². The number of imidazole rings is 1. The van der Waals surface area contributed by atoms with Gasteiger partial charge >= 0.3 is 0 Å². The van der Waals surface area contributed by atoms with Crippen LogP contribution in [0.5, 0.6) is 0 Å². The molecule has 3 nitrogen and oxygen atoms in total. The zero-order valence-corrected chi connectivity index (χ0v) is 11.3. The van der Waals surface area contributed by atoms with Crippen LogP contribution in [0.3, 0.4) is 0 Å². The van der Waals surface area contributed by atoms with Gasteiger partial charge in [-0.1, -0.05) is 13.8 Å². The molecule has 0 saturated carbocycles. The van der Waals surface area contributed by atoms with Crippen LogP contribution in [0.2, 0.25) is 0 Å². The van der Waals surface area contributed by atoms with Crippen LogP contribution in [0.1, 0.15) is 38.2 Å². The minimum absolute atomic E-state index is 0.593. The van der Waals surface area contributed by atoms with Crippen molar-refractivity contribution in [3.63, 3.8) is 0 Å². The number of fused-ring (bicyclic) bond motifs is 1. The second kappa shape index (κ2) is 4.62. The molecule has 0 spiro atoms. The Labute approximate surface area is 101 Å². The number of aryl methyl sites for hydroxylation is 1. The van der Waals surface area contributed by atoms with Crippen LogP contribution in [0.15, 0.2) is 10.0 Å². The molecular formula is C12H19N3S. The molecular weight excluding hydrogens is 218 g/mol. The fraction of sp³-hybridized carbons (Fsp3) is 0.667. The van der Waals surface area contributed by atoms with Gasteiger partial charge in [-0.3, -0.25) is 4.99 Å². The first-order valence-electron chi connectivity index (χ1n) is 5.85. The fourth-order valence-corrected chi connectivity index (χ4v) is 3.31. The summed E-state index contributed by atoms with van der Waals surface area (Å²) in [6.07, 6.45) is 3.25. The number of nitrogens with zero attached hydrogens (tertiary/aromatic N) is 3. The van der Waals surface area contributed by atoms with Gasteiger partial charge in [0.1, 0.15) is 10.9 Å². The Morgan fingerprint density at radius 3 is 2.94 bits per heavy atom. The van der Waals surface area contributed by atoms with Gasteiger partial charge in [-0.05, 0) is 6.42 Å². The number of aliphatic imine (C=N–C) groups is 1. The summed E-state index contributed by atoms with van der Waals surface area (Å²) < 4.78 is 2.22. The lowest BCUT2D eigenvalue weighted by Gasteiger charge is -2.19. The summed E-state index contributed by atoms with van der Waals surface area (Å²) in [5.41, 5.74) is 2.45. The Balaban J connectivity index is 2.47. The maximum atomic E-state index is 4.73. The molecule has 2 rings (SSSR count). The predicted octanol–water partition coefficient (Wildman–Crippen LogP) is 2.68. The number of hydrogen-bond donors (Lipinski definition) is 0. The summed E-state index contributed by atoms with van der Waals surface area (Å²) >= 11 is 1.88. The Bertz CT molecular complexity index is 420. The van der Waals surface area contributed by atoms with E-state index in [1.807, 2.05) is 18.8 Å². The van der Waals surface area contributed by atoms with Crippen LogP contribution in [-0.4, -0.2) is 27.6 Å². The van der Waals surface area contributed by atoms with Crippen molar-refractivity contribution in [1.29, 1.82) is 0 Å². The molecule has 2 heterocycles. The zero-order chi connectivity index (χ0) is 11.7. The molecule has 0 amide bonds. The molecule has 0 aromatic carbocycles. The summed E-state index contributed by atoms with van der Waals surface area (Å²) in [6, 6.07) is 0. The molecule has 1 unspecified atom stereocenters. The van der Waals surface area contributed by atoms with E-state index in [0.29, 0.717) is 5.25 Å². The quantitative estimate of drug-likeness (QED) is 0.791. The maximum Gasteiger partial charge on any atom is 0.124 e. The lowest BCUT2D eigenvalue weighted by Crippen LogP contribution is -2.18. The highest BCUT2D eigenvalue weighted by molar-refractivity contribution is 8.00. The van der Waals surface area contributed by atoms with E-state index in [1.54, 1.807) is 0 Å². The van der Waals surface area contributed by atoms with Crippen LogP contribution >= 0.6 is 11.8 Å². The highest BCUT2D eigenvalue weighted by Gasteiger charge is 2.26. The first kappa shape index (κ1) is 11.7. The smallest absolute Gasteiger partial charge is 0.124 e. The highest BCUT2D eigenvalue weighted by Crippen LogP contribution is 2.35. The first-order valence-corrected chi connectivity index (χ1v) is 6.73. The topological polar surface area (TPSA) is 30.2 Å². The van der Waals surface area contributed by atoms with E-state index in [-0.39, 0.29) is 0 Å². The van der Waals surface area contributed by atoms with Crippen molar-refractivity contribution >= 4 is 17.5 Å². The van der Waals surface area contributed by atoms with Crippen LogP contribution in [0.4, 0.5) is 0 Å². The van der Waals surface area contributed by atoms with Gasteiger partial charge in [0.15, 0.2) is 0 Å². The third-order valence-corrected chi connectivity index (χ3v) is 4.04. The number of thioether (sulfide) groups is 1. The Morgan fingerprint density at radius 2 is 2.31 bits per heavy atom. The predicted molar refractivity (Wildman–Crippen MR) is 69.6 cm³/mol. The lowest BCUT2D eigenvalue weighted by molar-refractivity contribution is 0.753. The molecule has 0 N–H and O–H groups in total. The fourth-order valence-electron chi connectivity index (χ4n) is 2.16. The van der Waals surface area contributed by atoms with E-state index < -0.39 is 0 Å². The lowest BCUT2D eigenvalue weighted by atomic mass is 10.1. The molecule has 0 saturated heterocycles. The Kier molecular flexibility index (Phi) is 3.38. The summed E-state index contributed by atoms with van der Waals surface area (Å²) in [7, 11) is 3.99. The summed E-state index contributed by atoms with van der Waals surface area (Å²) in [5.74, 6) is 1.19. The molecule has 0 bridgehead atoms. The molecule has 0 aliphatic carbocycles. The highest BCUT2D eigenvalue weighted by atomic mass is 32.2. The zero-order valence-electron chi connectivity index (χ0n) is 10.4. The minimum Gasteiger partial charge on any atom is -0.329 e. The number of rotatable bonds is 2. The standard InChI is InChI=1S/C12H19N3S/c1-5-6-10-14-12-11(15(10)4)9(13-3)7-8(2)16-12/h8H,5-7H2,1-4H3/b13-9+. The molecule has 0 fully saturated rings. The molecule has 1 aromatic rings. The van der Waals surface area contributed by atoms with Crippen LogP contribution < -0.4 is 0 Å². The number of aromatic nitrogens is 2. The molecule has 1 atom stereocenters. The Hall–Kier alpha value is -0.770. The number of hydrogen-bond acceptors (Lipinski definition) is 3. The van der Waals surface area contributed by atoms with Gasteiger partial charge in [0.25, 0.3) is 0 Å². The second-order valence-electron chi connectivity index (χ2n) is 4.29. The van der Waals surface area contributed by atoms with E-state index in [1.165, 1.54) is 22.3 Å². The van der Waals surface area contributed by atoms with Gasteiger partial charge in [-0.15, -0.1) is 11.8 Å². The van der Waals surface area contributed by atoms with Crippen LogP contribution in [0.25, 0.3) is 0 Å². The largest absolute Gasteiger partial charge is 0.329 e. The van der Waals surface area contributed by atoms with Gasteiger partial charge < -0.3 is 4.57 Å². The molecule has 4 heteroatoms. The van der Waals surface area contributed by atoms with Crippen molar-refractivity contribution in [1.82, 2.24) is 9.55 Å². The molecule has 1 aliphatic rings. The van der Waals surface area contributed by atoms with E-state index in [9.17, 15) is 0 Å². The monoisotopic (exact) mass is 237 g/mol. The minimum atomic E-state index is 0.593. The van der Waals surface area contributed by atoms with Crippen LogP contribution in [-0.2, 0) is 13.5 Å². The van der Waals surface area contributed by atoms with Crippen molar-refractivity contribution in [3.05, 3.63) is 11.5 Å². The van der Waals surface area contributed by atoms with Gasteiger partial charge in [0, 0.05) is 32.2 Å². The van der Waals surface area contributed by atoms with Crippen molar-refractivity contribution in [2.45, 2.75) is 43.4 Å². The first-order chi connectivity index (χ1) is 7.67. The molecule has 16 heavy (non-hydrogen) atoms. The van der Waals surface area contributed by atoms with Gasteiger partial charge in [0.05, 0.1) is 11.4 Å². The average molecular weight is 237 g/mol. The van der Waals surface area contributed by atoms with Gasteiger partial charge in [0.2, 0.25) is 0 Å². The summed E-state index contributed by atoms with van der Waals surface area (Å²) in [6.45, 7) is 4.44. The van der Waals surface area contributed by atoms with Crippen molar-refractivity contribution in [2.24, 2.45) is 12.0 Å². The summed E-state index contributed by atoms with van der Waals surface area (Å²) in [5, 5.41) is 1.76. The normalized spacial score (nSPS) is 22.5. The third kappa shape index (κ3) is 1.90. The van der Waals surface area contributed by atoms with E-state index >= 15 is 0 Å². The van der Waals surface area contributed by atoms with Crippen molar-refractivity contribution < 1.29 is 0 Å². The SMILES string of the molecule is CCCc1nc2c(n1C)/C(=N/C)CC(C)S2. The van der Waals surface area contributed by atoms with E-state index in [2.05, 4.69) is 30.5 Å². The maximum absolute atomic E-state index is 4.73. The third-order valence-electron chi connectivity index (χ3n) is 2.97. The summed E-state index contributed by atoms with van der Waals surface area (Å²) in [4.78, 5) is 9.15. The van der Waals surface area contributed by atoms with Crippen LogP contribution in [0, 0.1) is 0 Å².